The van der Waals surface area contributed by atoms with Gasteiger partial charge in [0.05, 0.1) is 29.0 Å². The Morgan fingerprint density at radius 3 is 2.50 bits per heavy atom. The van der Waals surface area contributed by atoms with E-state index in [2.05, 4.69) is 41.2 Å². The third-order valence-electron chi connectivity index (χ3n) is 5.50. The minimum Gasteiger partial charge on any atom is -0.383 e. The number of nitrogens with two attached hydrogens (primary N) is 1. The first-order chi connectivity index (χ1) is 16.4. The lowest BCUT2D eigenvalue weighted by atomic mass is 9.92. The van der Waals surface area contributed by atoms with Crippen molar-refractivity contribution in [2.45, 2.75) is 24.7 Å². The Morgan fingerprint density at radius 1 is 1.06 bits per heavy atom. The van der Waals surface area contributed by atoms with Crippen molar-refractivity contribution in [1.82, 2.24) is 15.2 Å². The average Bonchev–Trinajstić information content (AvgIpc) is 3.31. The second-order valence-electron chi connectivity index (χ2n) is 8.12. The van der Waals surface area contributed by atoms with Gasteiger partial charge in [0.15, 0.2) is 0 Å². The molecule has 0 unspecified atom stereocenters. The summed E-state index contributed by atoms with van der Waals surface area (Å²) in [5.74, 6) is 0.433. The Kier molecular flexibility index (Phi) is 6.80. The lowest BCUT2D eigenvalue weighted by molar-refractivity contribution is 0.628. The van der Waals surface area contributed by atoms with Gasteiger partial charge in [-0.3, -0.25) is 5.10 Å². The number of aromatic nitrogens is 3. The van der Waals surface area contributed by atoms with Crippen molar-refractivity contribution in [2.75, 3.05) is 12.0 Å². The summed E-state index contributed by atoms with van der Waals surface area (Å²) in [7, 11) is 0. The quantitative estimate of drug-likeness (QED) is 0.280. The molecule has 0 bridgehead atoms. The third kappa shape index (κ3) is 4.73. The van der Waals surface area contributed by atoms with E-state index in [1.165, 1.54) is 12.1 Å². The standard InChI is InChI=1S/C19H17FN4.C8H7NS/c1-10(2)18-17(11-3-5-13(20)6-4-11)14-7-12-9-22-24-16(12)8-15(14)19(21)23-18;1-10-8-4-2-3-7(5-8)6-9/h3-10H,1-2H3,(H2,21,23)(H,22,24);2-5H,1H3. The van der Waals surface area contributed by atoms with Crippen LogP contribution in [-0.4, -0.2) is 21.4 Å². The molecule has 0 saturated heterocycles. The van der Waals surface area contributed by atoms with E-state index in [9.17, 15) is 4.39 Å². The van der Waals surface area contributed by atoms with Gasteiger partial charge in [-0.25, -0.2) is 9.37 Å². The van der Waals surface area contributed by atoms with Gasteiger partial charge in [-0.1, -0.05) is 32.0 Å². The average molecular weight is 470 g/mol. The number of halogens is 1. The first kappa shape index (κ1) is 23.3. The number of nitriles is 1. The maximum Gasteiger partial charge on any atom is 0.131 e. The van der Waals surface area contributed by atoms with Crippen molar-refractivity contribution in [1.29, 1.82) is 5.26 Å². The van der Waals surface area contributed by atoms with Crippen LogP contribution in [0.25, 0.3) is 32.8 Å². The summed E-state index contributed by atoms with van der Waals surface area (Å²) in [5, 5.41) is 18.4. The zero-order chi connectivity index (χ0) is 24.2. The summed E-state index contributed by atoms with van der Waals surface area (Å²) in [4.78, 5) is 5.78. The van der Waals surface area contributed by atoms with Gasteiger partial charge in [-0.05, 0) is 65.6 Å². The fourth-order valence-corrected chi connectivity index (χ4v) is 4.28. The maximum atomic E-state index is 13.4. The Labute approximate surface area is 201 Å². The fourth-order valence-electron chi connectivity index (χ4n) is 3.82. The lowest BCUT2D eigenvalue weighted by Gasteiger charge is -2.17. The van der Waals surface area contributed by atoms with Gasteiger partial charge < -0.3 is 5.73 Å². The number of nitrogens with one attached hydrogen (secondary N) is 1. The second-order valence-corrected chi connectivity index (χ2v) is 9.00. The largest absolute Gasteiger partial charge is 0.383 e. The molecule has 5 rings (SSSR count). The molecule has 170 valence electrons. The molecular formula is C27H24FN5S. The number of benzene rings is 3. The number of hydrogen-bond acceptors (Lipinski definition) is 5. The summed E-state index contributed by atoms with van der Waals surface area (Å²) in [6.07, 6.45) is 3.78. The SMILES string of the molecule is CC(C)c1nc(N)c2cc3[nH]ncc3cc2c1-c1ccc(F)cc1.CSc1cccc(C#N)c1. The molecule has 0 radical (unpaired) electrons. The van der Waals surface area contributed by atoms with Gasteiger partial charge >= 0.3 is 0 Å². The Balaban J connectivity index is 0.000000231. The summed E-state index contributed by atoms with van der Waals surface area (Å²) in [6.45, 7) is 4.16. The predicted molar refractivity (Wildman–Crippen MR) is 138 cm³/mol. The molecule has 34 heavy (non-hydrogen) atoms. The van der Waals surface area contributed by atoms with Crippen LogP contribution >= 0.6 is 11.8 Å². The molecule has 0 spiro atoms. The number of nitrogens with zero attached hydrogens (tertiary/aromatic N) is 3. The highest BCUT2D eigenvalue weighted by atomic mass is 32.2. The molecule has 5 nitrogen and oxygen atoms in total. The van der Waals surface area contributed by atoms with E-state index in [-0.39, 0.29) is 11.7 Å². The van der Waals surface area contributed by atoms with Crippen molar-refractivity contribution >= 4 is 39.3 Å². The predicted octanol–water partition coefficient (Wildman–Crippen LogP) is 6.90. The summed E-state index contributed by atoms with van der Waals surface area (Å²) >= 11 is 1.65. The number of hydrogen-bond donors (Lipinski definition) is 2. The van der Waals surface area contributed by atoms with E-state index in [4.69, 9.17) is 11.0 Å². The first-order valence-corrected chi connectivity index (χ1v) is 12.0. The Hall–Kier alpha value is -3.89. The lowest BCUT2D eigenvalue weighted by Crippen LogP contribution is -2.03. The van der Waals surface area contributed by atoms with Crippen LogP contribution < -0.4 is 5.73 Å². The molecule has 0 aliphatic rings. The van der Waals surface area contributed by atoms with Gasteiger partial charge in [-0.2, -0.15) is 10.4 Å². The monoisotopic (exact) mass is 469 g/mol. The van der Waals surface area contributed by atoms with E-state index < -0.39 is 0 Å². The molecule has 0 atom stereocenters. The zero-order valence-corrected chi connectivity index (χ0v) is 19.9. The molecular weight excluding hydrogens is 445 g/mol. The highest BCUT2D eigenvalue weighted by Gasteiger charge is 2.18. The van der Waals surface area contributed by atoms with Crippen molar-refractivity contribution in [3.05, 3.63) is 83.9 Å². The van der Waals surface area contributed by atoms with E-state index in [1.54, 1.807) is 36.2 Å². The highest BCUT2D eigenvalue weighted by Crippen LogP contribution is 2.38. The molecule has 2 heterocycles. The molecule has 0 amide bonds. The van der Waals surface area contributed by atoms with E-state index in [0.717, 1.165) is 49.0 Å². The smallest absolute Gasteiger partial charge is 0.131 e. The Bertz CT molecular complexity index is 1500. The fraction of sp³-hybridized carbons (Fsp3) is 0.148. The number of rotatable bonds is 3. The van der Waals surface area contributed by atoms with Crippen molar-refractivity contribution in [3.8, 4) is 17.2 Å². The van der Waals surface area contributed by atoms with Crippen LogP contribution in [0.5, 0.6) is 0 Å². The van der Waals surface area contributed by atoms with Crippen LogP contribution in [0.1, 0.15) is 31.0 Å². The van der Waals surface area contributed by atoms with E-state index >= 15 is 0 Å². The zero-order valence-electron chi connectivity index (χ0n) is 19.1. The van der Waals surface area contributed by atoms with Crippen LogP contribution in [0, 0.1) is 17.1 Å². The van der Waals surface area contributed by atoms with Gasteiger partial charge in [0.2, 0.25) is 0 Å². The number of H-pyrrole nitrogens is 1. The molecule has 2 aromatic heterocycles. The second kappa shape index (κ2) is 9.94. The highest BCUT2D eigenvalue weighted by molar-refractivity contribution is 7.98. The van der Waals surface area contributed by atoms with Gasteiger partial charge in [0.1, 0.15) is 11.6 Å². The molecule has 0 fully saturated rings. The summed E-state index contributed by atoms with van der Waals surface area (Å²) in [6, 6.07) is 20.2. The number of thioether (sulfide) groups is 1. The van der Waals surface area contributed by atoms with Crippen molar-refractivity contribution in [3.63, 3.8) is 0 Å². The van der Waals surface area contributed by atoms with Gasteiger partial charge in [0.25, 0.3) is 0 Å². The number of aromatic amines is 1. The Morgan fingerprint density at radius 2 is 1.82 bits per heavy atom. The van der Waals surface area contributed by atoms with E-state index in [0.29, 0.717) is 5.82 Å². The molecule has 3 N–H and O–H groups in total. The van der Waals surface area contributed by atoms with Crippen LogP contribution in [0.4, 0.5) is 10.2 Å². The number of fused-ring (bicyclic) bond motifs is 2. The summed E-state index contributed by atoms with van der Waals surface area (Å²) in [5.41, 5.74) is 10.7. The topological polar surface area (TPSA) is 91.4 Å². The molecule has 0 aliphatic carbocycles. The maximum absolute atomic E-state index is 13.4. The number of nitrogen functional groups attached to an aromatic ring is 1. The normalized spacial score (nSPS) is 10.8. The van der Waals surface area contributed by atoms with Crippen LogP contribution in [0.15, 0.2) is 71.8 Å². The van der Waals surface area contributed by atoms with Crippen LogP contribution in [0.2, 0.25) is 0 Å². The van der Waals surface area contributed by atoms with Crippen LogP contribution in [-0.2, 0) is 0 Å². The van der Waals surface area contributed by atoms with Crippen molar-refractivity contribution < 1.29 is 4.39 Å². The molecule has 0 aliphatic heterocycles. The molecule has 3 aromatic carbocycles. The van der Waals surface area contributed by atoms with Gasteiger partial charge in [0, 0.05) is 21.2 Å². The minimum atomic E-state index is -0.255. The minimum absolute atomic E-state index is 0.191. The van der Waals surface area contributed by atoms with E-state index in [1.807, 2.05) is 30.5 Å². The number of anilines is 1. The van der Waals surface area contributed by atoms with Gasteiger partial charge in [-0.15, -0.1) is 11.8 Å². The first-order valence-electron chi connectivity index (χ1n) is 10.8. The van der Waals surface area contributed by atoms with Crippen molar-refractivity contribution in [2.24, 2.45) is 0 Å². The molecule has 5 aromatic rings. The molecule has 0 saturated carbocycles. The third-order valence-corrected chi connectivity index (χ3v) is 6.22. The van der Waals surface area contributed by atoms with Crippen LogP contribution in [0.3, 0.4) is 0 Å². The molecule has 7 heteroatoms. The number of pyridine rings is 1. The summed E-state index contributed by atoms with van der Waals surface area (Å²) < 4.78 is 13.4.